The van der Waals surface area contributed by atoms with E-state index < -0.39 is 41.3 Å². The predicted octanol–water partition coefficient (Wildman–Crippen LogP) is 4.54. The van der Waals surface area contributed by atoms with Crippen LogP contribution in [0.5, 0.6) is 5.75 Å². The summed E-state index contributed by atoms with van der Waals surface area (Å²) in [7, 11) is 6.62. The van der Waals surface area contributed by atoms with Crippen LogP contribution in [0.1, 0.15) is 70.6 Å². The molecule has 7 rings (SSSR count). The summed E-state index contributed by atoms with van der Waals surface area (Å²) in [6, 6.07) is 10.6. The number of nitrogens with zero attached hydrogens (tertiary/aromatic N) is 6. The first-order chi connectivity index (χ1) is 31.4. The maximum absolute atomic E-state index is 14.7. The number of methoxy groups -OCH3 is 1. The van der Waals surface area contributed by atoms with E-state index in [1.165, 1.54) is 21.9 Å². The van der Waals surface area contributed by atoms with Gasteiger partial charge in [-0.2, -0.15) is 0 Å². The first-order valence-electron chi connectivity index (χ1n) is 23.0. The third-order valence-corrected chi connectivity index (χ3v) is 13.2. The number of aryl methyl sites for hydroxylation is 1. The number of aromatic nitrogens is 2. The SMILES string of the molecule is CCn1c(-c2cnccc2COC)c2c3cc(ccc31)-c1cc(O)cc(c1)C[C@H](NC(=O)[C@H](C(C)C)N(C)C(=O)CN(C)C(=O)[C@H]1CN1C)C(=O)N1CCC[C@@H](CC(=O)OCC(C)(C)C2)N1. The average molecular weight is 907 g/mol. The van der Waals surface area contributed by atoms with Gasteiger partial charge in [0.05, 0.1) is 31.9 Å². The second kappa shape index (κ2) is 19.9. The maximum atomic E-state index is 14.7. The number of amides is 4. The van der Waals surface area contributed by atoms with Gasteiger partial charge in [0, 0.05) is 87.6 Å². The molecular weight excluding hydrogens is 841 g/mol. The molecule has 16 heteroatoms. The van der Waals surface area contributed by atoms with Gasteiger partial charge in [-0.3, -0.25) is 38.9 Å². The Morgan fingerprint density at radius 1 is 1.08 bits per heavy atom. The van der Waals surface area contributed by atoms with Gasteiger partial charge in [-0.1, -0.05) is 39.8 Å². The first kappa shape index (κ1) is 48.1. The zero-order valence-corrected chi connectivity index (χ0v) is 39.8. The molecule has 4 aromatic rings. The number of rotatable bonds is 11. The van der Waals surface area contributed by atoms with Gasteiger partial charge in [0.1, 0.15) is 23.9 Å². The van der Waals surface area contributed by atoms with Crippen molar-refractivity contribution in [3.05, 3.63) is 71.5 Å². The van der Waals surface area contributed by atoms with E-state index in [1.807, 2.05) is 50.2 Å². The van der Waals surface area contributed by atoms with Gasteiger partial charge >= 0.3 is 5.97 Å². The Kier molecular flexibility index (Phi) is 14.5. The number of fused-ring (bicyclic) bond motifs is 6. The standard InChI is InChI=1S/C50H66N8O8/c1-10-57-41-14-13-32-22-37(41)38(46(57)39-25-51-16-15-33(39)28-65-9)24-50(4,5)29-66-44(61)23-35-12-11-17-58(53-35)48(63)40(20-31-18-34(32)21-36(59)19-31)52-47(62)45(30(2)3)56(8)43(60)27-55(7)49(64)42-26-54(42)6/h13-16,18-19,21-22,25,30,35,40,42,45,53,59H,10-12,17,20,23-24,26-29H2,1-9H3,(H,52,62)/t35-,40-,42+,45-,54?/m0/s1. The zero-order valence-electron chi connectivity index (χ0n) is 39.8. The van der Waals surface area contributed by atoms with E-state index in [4.69, 9.17) is 9.47 Å². The van der Waals surface area contributed by atoms with Crippen molar-refractivity contribution in [2.45, 2.75) is 104 Å². The second-order valence-corrected chi connectivity index (χ2v) is 19.4. The van der Waals surface area contributed by atoms with E-state index in [2.05, 4.69) is 53.2 Å². The summed E-state index contributed by atoms with van der Waals surface area (Å²) >= 11 is 0. The molecule has 0 saturated carbocycles. The molecule has 3 aliphatic rings. The van der Waals surface area contributed by atoms with Crippen LogP contribution in [0.2, 0.25) is 0 Å². The molecule has 354 valence electrons. The quantitative estimate of drug-likeness (QED) is 0.142. The number of aromatic hydroxyl groups is 1. The number of hydrazine groups is 1. The minimum atomic E-state index is -1.14. The first-order valence-corrected chi connectivity index (χ1v) is 23.0. The number of hydrogen-bond acceptors (Lipinski definition) is 11. The van der Waals surface area contributed by atoms with Gasteiger partial charge in [0.15, 0.2) is 0 Å². The molecule has 0 spiro atoms. The minimum Gasteiger partial charge on any atom is -0.508 e. The lowest BCUT2D eigenvalue weighted by atomic mass is 9.84. The number of likely N-dealkylation sites (N-methyl/N-ethyl adjacent to an activating group) is 3. The lowest BCUT2D eigenvalue weighted by Crippen LogP contribution is -2.61. The highest BCUT2D eigenvalue weighted by molar-refractivity contribution is 5.96. The number of ether oxygens (including phenoxy) is 2. The van der Waals surface area contributed by atoms with E-state index in [0.29, 0.717) is 56.6 Å². The number of cyclic esters (lactones) is 1. The second-order valence-electron chi connectivity index (χ2n) is 19.4. The highest BCUT2D eigenvalue weighted by atomic mass is 16.5. The normalized spacial score (nSPS) is 21.4. The Bertz CT molecular complexity index is 2480. The molecular formula is C50H66N8O8. The number of nitrogens with one attached hydrogen (secondary N) is 2. The van der Waals surface area contributed by atoms with E-state index in [-0.39, 0.29) is 55.6 Å². The van der Waals surface area contributed by atoms with Crippen LogP contribution in [0.15, 0.2) is 54.9 Å². The summed E-state index contributed by atoms with van der Waals surface area (Å²) in [6.45, 7) is 11.9. The Morgan fingerprint density at radius 2 is 1.83 bits per heavy atom. The van der Waals surface area contributed by atoms with Crippen molar-refractivity contribution in [3.8, 4) is 28.1 Å². The summed E-state index contributed by atoms with van der Waals surface area (Å²) in [5, 5.41) is 16.8. The van der Waals surface area contributed by atoms with Crippen molar-refractivity contribution < 1.29 is 38.6 Å². The van der Waals surface area contributed by atoms with Crippen molar-refractivity contribution in [2.75, 3.05) is 54.5 Å². The molecule has 6 bridgehead atoms. The van der Waals surface area contributed by atoms with Crippen LogP contribution in [0, 0.1) is 11.3 Å². The van der Waals surface area contributed by atoms with Crippen LogP contribution in [-0.4, -0.2) is 143 Å². The molecule has 5 atom stereocenters. The summed E-state index contributed by atoms with van der Waals surface area (Å²) in [5.41, 5.74) is 9.92. The van der Waals surface area contributed by atoms with Gasteiger partial charge in [-0.15, -0.1) is 0 Å². The number of carbonyl (C=O) groups excluding carboxylic acids is 5. The minimum absolute atomic E-state index is 0.00676. The number of carbonyl (C=O) groups is 5. The Balaban J connectivity index is 1.29. The van der Waals surface area contributed by atoms with Gasteiger partial charge in [0.25, 0.3) is 5.91 Å². The molecule has 3 aliphatic heterocycles. The van der Waals surface area contributed by atoms with Crippen LogP contribution in [0.4, 0.5) is 0 Å². The molecule has 2 fully saturated rings. The molecule has 0 radical (unpaired) electrons. The molecule has 2 saturated heterocycles. The monoisotopic (exact) mass is 907 g/mol. The molecule has 3 N–H and O–H groups in total. The number of phenols is 1. The molecule has 4 amide bonds. The van der Waals surface area contributed by atoms with Gasteiger partial charge in [0.2, 0.25) is 17.7 Å². The lowest BCUT2D eigenvalue weighted by molar-refractivity contribution is -0.150. The maximum Gasteiger partial charge on any atom is 0.307 e. The van der Waals surface area contributed by atoms with Crippen molar-refractivity contribution in [2.24, 2.45) is 11.3 Å². The van der Waals surface area contributed by atoms with Gasteiger partial charge in [-0.05, 0) is 97.3 Å². The number of benzene rings is 2. The highest BCUT2D eigenvalue weighted by Gasteiger charge is 2.41. The molecule has 66 heavy (non-hydrogen) atoms. The lowest BCUT2D eigenvalue weighted by Gasteiger charge is -2.37. The third kappa shape index (κ3) is 10.6. The molecule has 16 nitrogen and oxygen atoms in total. The third-order valence-electron chi connectivity index (χ3n) is 13.2. The Morgan fingerprint density at radius 3 is 2.53 bits per heavy atom. The molecule has 1 unspecified atom stereocenters. The molecule has 2 aromatic carbocycles. The fourth-order valence-electron chi connectivity index (χ4n) is 9.63. The fourth-order valence-corrected chi connectivity index (χ4v) is 9.63. The van der Waals surface area contributed by atoms with E-state index in [0.717, 1.165) is 38.9 Å². The number of pyridine rings is 1. The Labute approximate surface area is 387 Å². The van der Waals surface area contributed by atoms with Crippen LogP contribution in [0.25, 0.3) is 33.3 Å². The molecule has 5 heterocycles. The molecule has 2 aromatic heterocycles. The van der Waals surface area contributed by atoms with Crippen molar-refractivity contribution in [1.82, 2.24) is 40.0 Å². The highest BCUT2D eigenvalue weighted by Crippen LogP contribution is 2.41. The van der Waals surface area contributed by atoms with Crippen LogP contribution in [0.3, 0.4) is 0 Å². The number of phenolic OH excluding ortho intramolecular Hbond substituents is 1. The Hall–Kier alpha value is -5.84. The van der Waals surface area contributed by atoms with Crippen LogP contribution >= 0.6 is 0 Å². The number of hydrogen-bond donors (Lipinski definition) is 3. The summed E-state index contributed by atoms with van der Waals surface area (Å²) in [5.74, 6) is -2.30. The number of esters is 1. The molecule has 0 aliphatic carbocycles. The van der Waals surface area contributed by atoms with Gasteiger partial charge < -0.3 is 34.3 Å². The summed E-state index contributed by atoms with van der Waals surface area (Å²) in [4.78, 5) is 78.4. The van der Waals surface area contributed by atoms with Crippen molar-refractivity contribution >= 4 is 40.5 Å². The summed E-state index contributed by atoms with van der Waals surface area (Å²) < 4.78 is 14.0. The van der Waals surface area contributed by atoms with E-state index in [1.54, 1.807) is 32.5 Å². The zero-order chi connectivity index (χ0) is 47.6. The smallest absolute Gasteiger partial charge is 0.307 e. The predicted molar refractivity (Wildman–Crippen MR) is 251 cm³/mol. The van der Waals surface area contributed by atoms with Crippen LogP contribution in [-0.2, 0) is 59.4 Å². The average Bonchev–Trinajstić information content (AvgIpc) is 3.93. The van der Waals surface area contributed by atoms with E-state index in [9.17, 15) is 29.1 Å². The van der Waals surface area contributed by atoms with E-state index >= 15 is 0 Å². The largest absolute Gasteiger partial charge is 0.508 e. The fraction of sp³-hybridized carbons (Fsp3) is 0.520. The van der Waals surface area contributed by atoms with Crippen molar-refractivity contribution in [3.63, 3.8) is 0 Å². The topological polar surface area (TPSA) is 179 Å². The van der Waals surface area contributed by atoms with Gasteiger partial charge in [-0.25, -0.2) is 5.43 Å². The van der Waals surface area contributed by atoms with Crippen molar-refractivity contribution in [1.29, 1.82) is 0 Å². The van der Waals surface area contributed by atoms with Crippen LogP contribution < -0.4 is 10.7 Å². The summed E-state index contributed by atoms with van der Waals surface area (Å²) in [6.07, 6.45) is 5.47.